The molecule has 1 aromatic heterocycles. The Morgan fingerprint density at radius 1 is 1.17 bits per heavy atom. The lowest BCUT2D eigenvalue weighted by Crippen LogP contribution is -2.43. The molecule has 0 N–H and O–H groups in total. The topological polar surface area (TPSA) is 46.3 Å². The van der Waals surface area contributed by atoms with Crippen molar-refractivity contribution >= 4 is 22.9 Å². The molecule has 0 radical (unpaired) electrons. The number of benzene rings is 1. The third-order valence-electron chi connectivity index (χ3n) is 4.05. The molecule has 4 rings (SSSR count). The molecule has 4 heteroatoms. The molecule has 92 valence electrons. The van der Waals surface area contributed by atoms with Crippen molar-refractivity contribution in [2.75, 3.05) is 4.90 Å². The van der Waals surface area contributed by atoms with Crippen molar-refractivity contribution in [1.82, 2.24) is 4.98 Å². The van der Waals surface area contributed by atoms with Gasteiger partial charge in [-0.05, 0) is 25.0 Å². The van der Waals surface area contributed by atoms with Crippen molar-refractivity contribution in [2.24, 2.45) is 0 Å². The lowest BCUT2D eigenvalue weighted by Gasteiger charge is -2.32. The summed E-state index contributed by atoms with van der Waals surface area (Å²) in [6.07, 6.45) is 3.45. The van der Waals surface area contributed by atoms with Crippen molar-refractivity contribution in [1.29, 1.82) is 0 Å². The van der Waals surface area contributed by atoms with E-state index in [4.69, 9.17) is 4.42 Å². The summed E-state index contributed by atoms with van der Waals surface area (Å²) < 4.78 is 5.83. The van der Waals surface area contributed by atoms with Crippen LogP contribution >= 0.6 is 0 Å². The second-order valence-corrected chi connectivity index (χ2v) is 5.20. The van der Waals surface area contributed by atoms with Crippen molar-refractivity contribution in [2.45, 2.75) is 37.8 Å². The van der Waals surface area contributed by atoms with Crippen LogP contribution in [-0.2, 0) is 4.79 Å². The second kappa shape index (κ2) is 3.57. The zero-order chi connectivity index (χ0) is 12.1. The Morgan fingerprint density at radius 2 is 1.89 bits per heavy atom. The largest absolute Gasteiger partial charge is 0.423 e. The number of hydrogen-bond acceptors (Lipinski definition) is 4. The first-order valence-electron chi connectivity index (χ1n) is 6.47. The van der Waals surface area contributed by atoms with Crippen LogP contribution in [-0.4, -0.2) is 22.9 Å². The van der Waals surface area contributed by atoms with E-state index in [9.17, 15) is 4.79 Å². The smallest absolute Gasteiger partial charge is 0.298 e. The minimum atomic E-state index is 0.296. The van der Waals surface area contributed by atoms with E-state index in [0.717, 1.165) is 23.9 Å². The molecule has 2 fully saturated rings. The van der Waals surface area contributed by atoms with Gasteiger partial charge >= 0.3 is 0 Å². The van der Waals surface area contributed by atoms with E-state index < -0.39 is 0 Å². The molecule has 2 aromatic rings. The maximum Gasteiger partial charge on any atom is 0.298 e. The number of hydrogen-bond donors (Lipinski definition) is 0. The summed E-state index contributed by atoms with van der Waals surface area (Å²) in [7, 11) is 0. The number of rotatable bonds is 1. The number of oxazole rings is 1. The first-order valence-corrected chi connectivity index (χ1v) is 6.47. The Labute approximate surface area is 105 Å². The van der Waals surface area contributed by atoms with Crippen LogP contribution < -0.4 is 4.90 Å². The molecule has 2 unspecified atom stereocenters. The predicted molar refractivity (Wildman–Crippen MR) is 67.5 cm³/mol. The lowest BCUT2D eigenvalue weighted by molar-refractivity contribution is -0.120. The molecule has 0 amide bonds. The first-order chi connectivity index (χ1) is 8.81. The van der Waals surface area contributed by atoms with Gasteiger partial charge in [0.05, 0.1) is 0 Å². The number of aromatic nitrogens is 1. The van der Waals surface area contributed by atoms with E-state index in [-0.39, 0.29) is 0 Å². The second-order valence-electron chi connectivity index (χ2n) is 5.20. The van der Waals surface area contributed by atoms with Crippen LogP contribution in [0.4, 0.5) is 6.01 Å². The number of ketones is 1. The number of carbonyl (C=O) groups excluding carboxylic acids is 1. The SMILES string of the molecule is O=C1CC2CCC(C1)N2c1nc2ccccc2o1. The van der Waals surface area contributed by atoms with Gasteiger partial charge in [-0.3, -0.25) is 4.79 Å². The Balaban J connectivity index is 1.77. The standard InChI is InChI=1S/C14H14N2O2/c17-11-7-9-5-6-10(8-11)16(9)14-15-12-3-1-2-4-13(12)18-14/h1-4,9-10H,5-8H2. The van der Waals surface area contributed by atoms with Crippen LogP contribution in [0.1, 0.15) is 25.7 Å². The van der Waals surface area contributed by atoms with Gasteiger partial charge in [-0.2, -0.15) is 4.98 Å². The van der Waals surface area contributed by atoms with Crippen LogP contribution in [0.15, 0.2) is 28.7 Å². The van der Waals surface area contributed by atoms with E-state index >= 15 is 0 Å². The van der Waals surface area contributed by atoms with Crippen molar-refractivity contribution in [3.8, 4) is 0 Å². The summed E-state index contributed by atoms with van der Waals surface area (Å²) in [6, 6.07) is 9.08. The van der Waals surface area contributed by atoms with E-state index in [0.29, 0.717) is 36.7 Å². The van der Waals surface area contributed by atoms with E-state index in [1.54, 1.807) is 0 Å². The number of nitrogens with zero attached hydrogens (tertiary/aromatic N) is 2. The van der Waals surface area contributed by atoms with E-state index in [2.05, 4.69) is 9.88 Å². The Hall–Kier alpha value is -1.84. The third kappa shape index (κ3) is 1.38. The fraction of sp³-hybridized carbons (Fsp3) is 0.429. The van der Waals surface area contributed by atoms with Gasteiger partial charge in [0.25, 0.3) is 6.01 Å². The molecule has 0 saturated carbocycles. The molecule has 4 nitrogen and oxygen atoms in total. The summed E-state index contributed by atoms with van der Waals surface area (Å²) in [6.45, 7) is 0. The summed E-state index contributed by atoms with van der Waals surface area (Å²) in [5.74, 6) is 0.384. The summed E-state index contributed by atoms with van der Waals surface area (Å²) >= 11 is 0. The fourth-order valence-electron chi connectivity index (χ4n) is 3.25. The van der Waals surface area contributed by atoms with Crippen molar-refractivity contribution < 1.29 is 9.21 Å². The highest BCUT2D eigenvalue weighted by Gasteiger charge is 2.42. The van der Waals surface area contributed by atoms with Gasteiger partial charge in [-0.15, -0.1) is 0 Å². The highest BCUT2D eigenvalue weighted by Crippen LogP contribution is 2.38. The lowest BCUT2D eigenvalue weighted by atomic mass is 10.0. The zero-order valence-electron chi connectivity index (χ0n) is 10.0. The van der Waals surface area contributed by atoms with Crippen LogP contribution in [0.2, 0.25) is 0 Å². The molecule has 2 aliphatic heterocycles. The maximum atomic E-state index is 11.6. The molecule has 2 aliphatic rings. The van der Waals surface area contributed by atoms with Crippen molar-refractivity contribution in [3.63, 3.8) is 0 Å². The van der Waals surface area contributed by atoms with Gasteiger partial charge in [0, 0.05) is 24.9 Å². The molecule has 3 heterocycles. The molecule has 18 heavy (non-hydrogen) atoms. The Bertz CT molecular complexity index is 570. The third-order valence-corrected chi connectivity index (χ3v) is 4.05. The number of Topliss-reactive ketones (excluding diaryl/α,β-unsaturated/α-hetero) is 1. The predicted octanol–water partition coefficient (Wildman–Crippen LogP) is 2.53. The Morgan fingerprint density at radius 3 is 2.61 bits per heavy atom. The number of para-hydroxylation sites is 2. The van der Waals surface area contributed by atoms with Crippen molar-refractivity contribution in [3.05, 3.63) is 24.3 Å². The number of piperidine rings is 1. The van der Waals surface area contributed by atoms with Crippen LogP contribution in [0.5, 0.6) is 0 Å². The zero-order valence-corrected chi connectivity index (χ0v) is 10.0. The van der Waals surface area contributed by atoms with Crippen LogP contribution in [0, 0.1) is 0 Å². The molecule has 0 aliphatic carbocycles. The summed E-state index contributed by atoms with van der Waals surface area (Å²) in [5, 5.41) is 0. The monoisotopic (exact) mass is 242 g/mol. The maximum absolute atomic E-state index is 11.6. The van der Waals surface area contributed by atoms with Gasteiger partial charge in [-0.1, -0.05) is 12.1 Å². The van der Waals surface area contributed by atoms with Gasteiger partial charge in [0.2, 0.25) is 0 Å². The van der Waals surface area contributed by atoms with Crippen LogP contribution in [0.3, 0.4) is 0 Å². The quantitative estimate of drug-likeness (QED) is 0.771. The Kier molecular flexibility index (Phi) is 2.01. The van der Waals surface area contributed by atoms with Crippen LogP contribution in [0.25, 0.3) is 11.1 Å². The van der Waals surface area contributed by atoms with Gasteiger partial charge in [0.1, 0.15) is 11.3 Å². The molecule has 1 aromatic carbocycles. The first kappa shape index (κ1) is 10.1. The van der Waals surface area contributed by atoms with Gasteiger partial charge in [-0.25, -0.2) is 0 Å². The van der Waals surface area contributed by atoms with E-state index in [1.807, 2.05) is 24.3 Å². The molecular weight excluding hydrogens is 228 g/mol. The fourth-order valence-corrected chi connectivity index (χ4v) is 3.25. The van der Waals surface area contributed by atoms with Gasteiger partial charge in [0.15, 0.2) is 5.58 Å². The normalized spacial score (nSPS) is 27.1. The minimum absolute atomic E-state index is 0.296. The summed E-state index contributed by atoms with van der Waals surface area (Å²) in [5.41, 5.74) is 1.72. The molecule has 2 saturated heterocycles. The minimum Gasteiger partial charge on any atom is -0.423 e. The van der Waals surface area contributed by atoms with Gasteiger partial charge < -0.3 is 9.32 Å². The average Bonchev–Trinajstić information content (AvgIpc) is 2.88. The highest BCUT2D eigenvalue weighted by atomic mass is 16.4. The highest BCUT2D eigenvalue weighted by molar-refractivity contribution is 5.83. The number of fused-ring (bicyclic) bond motifs is 3. The molecule has 2 atom stereocenters. The molecule has 2 bridgehead atoms. The summed E-state index contributed by atoms with van der Waals surface area (Å²) in [4.78, 5) is 18.4. The molecule has 0 spiro atoms. The van der Waals surface area contributed by atoms with E-state index in [1.165, 1.54) is 0 Å². The average molecular weight is 242 g/mol. The number of carbonyl (C=O) groups is 1. The molecular formula is C14H14N2O2. The number of anilines is 1.